The maximum Gasteiger partial charge on any atom is 0.430 e. The average molecular weight is 322 g/mol. The van der Waals surface area contributed by atoms with Crippen LogP contribution in [0.4, 0.5) is 4.79 Å². The first-order valence-electron chi connectivity index (χ1n) is 8.20. The molecule has 0 saturated heterocycles. The molecular weight excluding hydrogens is 296 g/mol. The fourth-order valence-corrected chi connectivity index (χ4v) is 2.65. The first-order chi connectivity index (χ1) is 10.7. The molecule has 0 radical (unpaired) electrons. The van der Waals surface area contributed by atoms with E-state index in [4.69, 9.17) is 4.74 Å². The summed E-state index contributed by atoms with van der Waals surface area (Å²) in [5, 5.41) is 15.8. The molecule has 0 aromatic carbocycles. The normalized spacial score (nSPS) is 23.5. The van der Waals surface area contributed by atoms with Gasteiger partial charge in [-0.05, 0) is 46.5 Å². The SMILES string of the molecule is CN(N=C1CCCC(=O)C1=C(O)C1CCC1)C(=O)OC(C)(C)C. The van der Waals surface area contributed by atoms with E-state index in [1.807, 2.05) is 0 Å². The summed E-state index contributed by atoms with van der Waals surface area (Å²) in [6, 6.07) is 0. The Balaban J connectivity index is 2.23. The molecule has 0 atom stereocenters. The van der Waals surface area contributed by atoms with Gasteiger partial charge in [0.2, 0.25) is 0 Å². The maximum atomic E-state index is 12.2. The summed E-state index contributed by atoms with van der Waals surface area (Å²) in [5.74, 6) is 0.123. The Hall–Kier alpha value is -1.85. The molecule has 0 aromatic rings. The highest BCUT2D eigenvalue weighted by atomic mass is 16.6. The van der Waals surface area contributed by atoms with Gasteiger partial charge in [-0.15, -0.1) is 0 Å². The third-order valence-corrected chi connectivity index (χ3v) is 4.06. The van der Waals surface area contributed by atoms with Crippen LogP contribution in [0.25, 0.3) is 0 Å². The van der Waals surface area contributed by atoms with Gasteiger partial charge in [0, 0.05) is 19.4 Å². The van der Waals surface area contributed by atoms with Gasteiger partial charge in [0.25, 0.3) is 0 Å². The van der Waals surface area contributed by atoms with Crippen molar-refractivity contribution in [3.63, 3.8) is 0 Å². The molecule has 128 valence electrons. The van der Waals surface area contributed by atoms with E-state index in [1.54, 1.807) is 20.8 Å². The molecule has 0 unspecified atom stereocenters. The van der Waals surface area contributed by atoms with Crippen molar-refractivity contribution in [3.8, 4) is 0 Å². The monoisotopic (exact) mass is 322 g/mol. The van der Waals surface area contributed by atoms with E-state index < -0.39 is 11.7 Å². The van der Waals surface area contributed by atoms with E-state index in [0.29, 0.717) is 30.5 Å². The molecule has 1 N–H and O–H groups in total. The zero-order valence-corrected chi connectivity index (χ0v) is 14.4. The van der Waals surface area contributed by atoms with E-state index in [-0.39, 0.29) is 17.5 Å². The molecule has 6 nitrogen and oxygen atoms in total. The number of aliphatic hydroxyl groups excluding tert-OH is 1. The zero-order valence-electron chi connectivity index (χ0n) is 14.4. The molecule has 6 heteroatoms. The van der Waals surface area contributed by atoms with Crippen molar-refractivity contribution in [2.75, 3.05) is 7.05 Å². The van der Waals surface area contributed by atoms with Crippen molar-refractivity contribution in [1.29, 1.82) is 0 Å². The number of ether oxygens (including phenoxy) is 1. The average Bonchev–Trinajstić information content (AvgIpc) is 2.34. The van der Waals surface area contributed by atoms with E-state index >= 15 is 0 Å². The van der Waals surface area contributed by atoms with E-state index in [9.17, 15) is 14.7 Å². The summed E-state index contributed by atoms with van der Waals surface area (Å²) in [6.45, 7) is 5.34. The first kappa shape index (κ1) is 17.5. The smallest absolute Gasteiger partial charge is 0.430 e. The number of nitrogens with zero attached hydrogens (tertiary/aromatic N) is 2. The van der Waals surface area contributed by atoms with E-state index in [0.717, 1.165) is 24.3 Å². The Kier molecular flexibility index (Phi) is 5.12. The number of amides is 1. The number of rotatable bonds is 2. The predicted octanol–water partition coefficient (Wildman–Crippen LogP) is 3.57. The number of allylic oxidation sites excluding steroid dienone is 2. The molecule has 2 aliphatic carbocycles. The quantitative estimate of drug-likeness (QED) is 0.479. The van der Waals surface area contributed by atoms with Crippen LogP contribution in [0.2, 0.25) is 0 Å². The van der Waals surface area contributed by atoms with Crippen LogP contribution in [-0.4, -0.2) is 40.4 Å². The van der Waals surface area contributed by atoms with Crippen molar-refractivity contribution in [2.45, 2.75) is 64.9 Å². The van der Waals surface area contributed by atoms with Crippen LogP contribution in [0, 0.1) is 5.92 Å². The van der Waals surface area contributed by atoms with Gasteiger partial charge in [-0.2, -0.15) is 5.10 Å². The summed E-state index contributed by atoms with van der Waals surface area (Å²) in [5.41, 5.74) is 0.191. The van der Waals surface area contributed by atoms with Crippen LogP contribution in [0.5, 0.6) is 0 Å². The van der Waals surface area contributed by atoms with Gasteiger partial charge in [0.05, 0.1) is 11.3 Å². The molecule has 0 heterocycles. The molecule has 0 aromatic heterocycles. The van der Waals surface area contributed by atoms with Gasteiger partial charge in [-0.1, -0.05) is 6.42 Å². The van der Waals surface area contributed by atoms with Crippen molar-refractivity contribution in [3.05, 3.63) is 11.3 Å². The minimum atomic E-state index is -0.610. The molecule has 2 rings (SSSR count). The zero-order chi connectivity index (χ0) is 17.2. The number of hydrogen-bond acceptors (Lipinski definition) is 5. The Labute approximate surface area is 137 Å². The predicted molar refractivity (Wildman–Crippen MR) is 87.3 cm³/mol. The fourth-order valence-electron chi connectivity index (χ4n) is 2.65. The molecular formula is C17H26N2O4. The minimum Gasteiger partial charge on any atom is -0.511 e. The molecule has 2 aliphatic rings. The largest absolute Gasteiger partial charge is 0.511 e. The number of hydrazone groups is 1. The van der Waals surface area contributed by atoms with Crippen molar-refractivity contribution in [1.82, 2.24) is 5.01 Å². The Bertz CT molecular complexity index is 553. The minimum absolute atomic E-state index is 0.0593. The molecule has 1 amide bonds. The van der Waals surface area contributed by atoms with Crippen molar-refractivity contribution in [2.24, 2.45) is 11.0 Å². The van der Waals surface area contributed by atoms with E-state index in [2.05, 4.69) is 5.10 Å². The van der Waals surface area contributed by atoms with Gasteiger partial charge in [-0.25, -0.2) is 9.80 Å². The highest BCUT2D eigenvalue weighted by Crippen LogP contribution is 2.35. The van der Waals surface area contributed by atoms with Crippen LogP contribution in [0.1, 0.15) is 59.3 Å². The lowest BCUT2D eigenvalue weighted by atomic mass is 9.79. The lowest BCUT2D eigenvalue weighted by molar-refractivity contribution is -0.115. The number of Topliss-reactive ketones (excluding diaryl/α,β-unsaturated/α-hetero) is 1. The summed E-state index contributed by atoms with van der Waals surface area (Å²) >= 11 is 0. The Morgan fingerprint density at radius 3 is 2.43 bits per heavy atom. The lowest BCUT2D eigenvalue weighted by Gasteiger charge is -2.28. The number of carbonyl (C=O) groups is 2. The second kappa shape index (κ2) is 6.72. The number of carbonyl (C=O) groups excluding carboxylic acids is 2. The van der Waals surface area contributed by atoms with E-state index in [1.165, 1.54) is 7.05 Å². The first-order valence-corrected chi connectivity index (χ1v) is 8.20. The number of hydrogen-bond donors (Lipinski definition) is 1. The topological polar surface area (TPSA) is 79.2 Å². The standard InChI is InChI=1S/C17H26N2O4/c1-17(2,3)23-16(22)19(4)18-12-9-6-10-13(20)14(12)15(21)11-7-5-8-11/h11,21H,5-10H2,1-4H3. The molecule has 0 aliphatic heterocycles. The number of ketones is 1. The molecule has 2 saturated carbocycles. The second-order valence-electron chi connectivity index (χ2n) is 7.22. The van der Waals surface area contributed by atoms with Gasteiger partial charge in [0.1, 0.15) is 11.4 Å². The summed E-state index contributed by atoms with van der Waals surface area (Å²) in [7, 11) is 1.50. The maximum absolute atomic E-state index is 12.2. The van der Waals surface area contributed by atoms with Crippen molar-refractivity contribution < 1.29 is 19.4 Å². The molecule has 23 heavy (non-hydrogen) atoms. The Morgan fingerprint density at radius 1 is 1.26 bits per heavy atom. The third kappa shape index (κ3) is 4.33. The third-order valence-electron chi connectivity index (χ3n) is 4.06. The van der Waals surface area contributed by atoms with Crippen LogP contribution < -0.4 is 0 Å². The van der Waals surface area contributed by atoms with Crippen LogP contribution in [-0.2, 0) is 9.53 Å². The van der Waals surface area contributed by atoms with Crippen LogP contribution >= 0.6 is 0 Å². The van der Waals surface area contributed by atoms with Crippen LogP contribution in [0.3, 0.4) is 0 Å². The summed E-state index contributed by atoms with van der Waals surface area (Å²) < 4.78 is 5.26. The molecule has 0 spiro atoms. The molecule has 0 bridgehead atoms. The van der Waals surface area contributed by atoms with Crippen LogP contribution in [0.15, 0.2) is 16.4 Å². The van der Waals surface area contributed by atoms with Gasteiger partial charge in [0.15, 0.2) is 5.78 Å². The van der Waals surface area contributed by atoms with Gasteiger partial charge >= 0.3 is 6.09 Å². The highest BCUT2D eigenvalue weighted by Gasteiger charge is 2.32. The summed E-state index contributed by atoms with van der Waals surface area (Å²) in [6.07, 6.45) is 3.97. The number of aliphatic hydroxyl groups is 1. The Morgan fingerprint density at radius 2 is 1.91 bits per heavy atom. The lowest BCUT2D eigenvalue weighted by Crippen LogP contribution is -2.33. The summed E-state index contributed by atoms with van der Waals surface area (Å²) in [4.78, 5) is 24.3. The molecule has 2 fully saturated rings. The van der Waals surface area contributed by atoms with Crippen molar-refractivity contribution >= 4 is 17.6 Å². The highest BCUT2D eigenvalue weighted by molar-refractivity contribution is 6.24. The fraction of sp³-hybridized carbons (Fsp3) is 0.706. The van der Waals surface area contributed by atoms with Gasteiger partial charge in [-0.3, -0.25) is 4.79 Å². The van der Waals surface area contributed by atoms with Gasteiger partial charge < -0.3 is 9.84 Å². The second-order valence-corrected chi connectivity index (χ2v) is 7.22.